The van der Waals surface area contributed by atoms with E-state index in [2.05, 4.69) is 10.6 Å². The molecule has 2 rings (SSSR count). The van der Waals surface area contributed by atoms with Crippen LogP contribution in [0.4, 0.5) is 10.5 Å². The van der Waals surface area contributed by atoms with Gasteiger partial charge in [0.15, 0.2) is 0 Å². The number of carbonyl (C=O) groups is 1. The van der Waals surface area contributed by atoms with Gasteiger partial charge in [-0.05, 0) is 57.8 Å². The Labute approximate surface area is 126 Å². The summed E-state index contributed by atoms with van der Waals surface area (Å²) >= 11 is 0. The Morgan fingerprint density at radius 3 is 2.62 bits per heavy atom. The summed E-state index contributed by atoms with van der Waals surface area (Å²) in [7, 11) is 1.61. The third-order valence-electron chi connectivity index (χ3n) is 3.33. The van der Waals surface area contributed by atoms with E-state index in [1.807, 2.05) is 39.0 Å². The molecular formula is C16H24N2O3. The molecule has 0 aromatic heterocycles. The second kappa shape index (κ2) is 6.35. The van der Waals surface area contributed by atoms with E-state index in [9.17, 15) is 4.79 Å². The van der Waals surface area contributed by atoms with Crippen LogP contribution in [-0.4, -0.2) is 31.9 Å². The fourth-order valence-electron chi connectivity index (χ4n) is 2.19. The van der Waals surface area contributed by atoms with Gasteiger partial charge in [0.2, 0.25) is 0 Å². The molecule has 21 heavy (non-hydrogen) atoms. The van der Waals surface area contributed by atoms with Gasteiger partial charge in [-0.15, -0.1) is 0 Å². The van der Waals surface area contributed by atoms with Gasteiger partial charge in [-0.2, -0.15) is 0 Å². The Morgan fingerprint density at radius 1 is 1.38 bits per heavy atom. The van der Waals surface area contributed by atoms with E-state index in [0.29, 0.717) is 5.92 Å². The summed E-state index contributed by atoms with van der Waals surface area (Å²) in [5.74, 6) is 1.34. The predicted octanol–water partition coefficient (Wildman–Crippen LogP) is 2.80. The summed E-state index contributed by atoms with van der Waals surface area (Å²) in [5, 5.41) is 6.09. The Bertz CT molecular complexity index is 505. The van der Waals surface area contributed by atoms with Gasteiger partial charge in [0, 0.05) is 6.07 Å². The van der Waals surface area contributed by atoms with Crippen LogP contribution in [0.1, 0.15) is 26.3 Å². The minimum Gasteiger partial charge on any atom is -0.497 e. The molecule has 116 valence electrons. The summed E-state index contributed by atoms with van der Waals surface area (Å²) in [4.78, 5) is 12.0. The van der Waals surface area contributed by atoms with E-state index >= 15 is 0 Å². The minimum absolute atomic E-state index is 0.441. The number of amides is 1. The first-order valence-electron chi connectivity index (χ1n) is 7.25. The second-order valence-electron chi connectivity index (χ2n) is 6.38. The molecule has 1 aromatic carbocycles. The molecule has 1 heterocycles. The number of nitrogens with one attached hydrogen (secondary N) is 2. The molecule has 0 bridgehead atoms. The summed E-state index contributed by atoms with van der Waals surface area (Å²) in [6.07, 6.45) is 0.492. The number of methoxy groups -OCH3 is 1. The molecule has 2 N–H and O–H groups in total. The van der Waals surface area contributed by atoms with E-state index in [4.69, 9.17) is 9.47 Å². The maximum absolute atomic E-state index is 12.0. The van der Waals surface area contributed by atoms with Crippen LogP contribution in [0.5, 0.6) is 5.75 Å². The third-order valence-corrected chi connectivity index (χ3v) is 3.33. The molecule has 5 nitrogen and oxygen atoms in total. The number of hydrogen-bond acceptors (Lipinski definition) is 4. The lowest BCUT2D eigenvalue weighted by molar-refractivity contribution is 0.0635. The second-order valence-corrected chi connectivity index (χ2v) is 6.38. The van der Waals surface area contributed by atoms with Crippen molar-refractivity contribution in [3.05, 3.63) is 23.8 Å². The molecule has 0 atom stereocenters. The molecule has 0 unspecified atom stereocenters. The standard InChI is InChI=1S/C16H24N2O3/c1-16(2,3)21-15(19)18-14-8-13(20-4)6-5-12(14)7-11-9-17-10-11/h5-6,8,11,17H,7,9-10H2,1-4H3,(H,18,19). The van der Waals surface area contributed by atoms with Crippen LogP contribution in [0.3, 0.4) is 0 Å². The zero-order chi connectivity index (χ0) is 15.5. The Morgan fingerprint density at radius 2 is 2.10 bits per heavy atom. The Hall–Kier alpha value is -1.75. The van der Waals surface area contributed by atoms with Crippen molar-refractivity contribution in [2.45, 2.75) is 32.8 Å². The van der Waals surface area contributed by atoms with Crippen LogP contribution < -0.4 is 15.4 Å². The van der Waals surface area contributed by atoms with Crippen molar-refractivity contribution < 1.29 is 14.3 Å². The fourth-order valence-corrected chi connectivity index (χ4v) is 2.19. The Balaban J connectivity index is 2.11. The summed E-state index contributed by atoms with van der Waals surface area (Å²) in [5.41, 5.74) is 1.35. The molecule has 0 aliphatic carbocycles. The zero-order valence-electron chi connectivity index (χ0n) is 13.2. The molecule has 1 aliphatic heterocycles. The lowest BCUT2D eigenvalue weighted by Crippen LogP contribution is -2.43. The van der Waals surface area contributed by atoms with Gasteiger partial charge in [0.05, 0.1) is 12.8 Å². The molecule has 0 spiro atoms. The molecule has 0 saturated carbocycles. The normalized spacial score (nSPS) is 15.2. The molecule has 1 amide bonds. The molecular weight excluding hydrogens is 268 g/mol. The predicted molar refractivity (Wildman–Crippen MR) is 82.9 cm³/mol. The average Bonchev–Trinajstić information content (AvgIpc) is 2.32. The van der Waals surface area contributed by atoms with E-state index in [0.717, 1.165) is 36.5 Å². The molecule has 5 heteroatoms. The van der Waals surface area contributed by atoms with Gasteiger partial charge >= 0.3 is 6.09 Å². The van der Waals surface area contributed by atoms with Crippen molar-refractivity contribution >= 4 is 11.8 Å². The number of anilines is 1. The highest BCUT2D eigenvalue weighted by atomic mass is 16.6. The molecule has 1 aromatic rings. The van der Waals surface area contributed by atoms with Crippen molar-refractivity contribution in [3.8, 4) is 5.75 Å². The van der Waals surface area contributed by atoms with Gasteiger partial charge in [-0.3, -0.25) is 5.32 Å². The van der Waals surface area contributed by atoms with Crippen molar-refractivity contribution in [2.75, 3.05) is 25.5 Å². The van der Waals surface area contributed by atoms with Crippen LogP contribution in [0.25, 0.3) is 0 Å². The fraction of sp³-hybridized carbons (Fsp3) is 0.562. The lowest BCUT2D eigenvalue weighted by atomic mass is 9.93. The SMILES string of the molecule is COc1ccc(CC2CNC2)c(NC(=O)OC(C)(C)C)c1. The van der Waals surface area contributed by atoms with Gasteiger partial charge in [-0.25, -0.2) is 4.79 Å². The number of rotatable bonds is 4. The van der Waals surface area contributed by atoms with Crippen molar-refractivity contribution in [2.24, 2.45) is 5.92 Å². The lowest BCUT2D eigenvalue weighted by Gasteiger charge is -2.28. The number of hydrogen-bond donors (Lipinski definition) is 2. The quantitative estimate of drug-likeness (QED) is 0.896. The monoisotopic (exact) mass is 292 g/mol. The number of ether oxygens (including phenoxy) is 2. The highest BCUT2D eigenvalue weighted by Crippen LogP contribution is 2.26. The average molecular weight is 292 g/mol. The minimum atomic E-state index is -0.513. The zero-order valence-corrected chi connectivity index (χ0v) is 13.2. The first kappa shape index (κ1) is 15.6. The highest BCUT2D eigenvalue weighted by molar-refractivity contribution is 5.86. The molecule has 1 aliphatic rings. The molecule has 0 radical (unpaired) electrons. The summed E-state index contributed by atoms with van der Waals surface area (Å²) in [6.45, 7) is 7.59. The van der Waals surface area contributed by atoms with Gasteiger partial charge < -0.3 is 14.8 Å². The summed E-state index contributed by atoms with van der Waals surface area (Å²) in [6, 6.07) is 5.76. The first-order chi connectivity index (χ1) is 9.87. The van der Waals surface area contributed by atoms with Gasteiger partial charge in [0.25, 0.3) is 0 Å². The van der Waals surface area contributed by atoms with E-state index in [-0.39, 0.29) is 0 Å². The van der Waals surface area contributed by atoms with Crippen molar-refractivity contribution in [1.29, 1.82) is 0 Å². The first-order valence-corrected chi connectivity index (χ1v) is 7.25. The van der Waals surface area contributed by atoms with Crippen LogP contribution in [-0.2, 0) is 11.2 Å². The molecule has 1 fully saturated rings. The van der Waals surface area contributed by atoms with Crippen LogP contribution in [0.2, 0.25) is 0 Å². The van der Waals surface area contributed by atoms with E-state index in [1.54, 1.807) is 7.11 Å². The van der Waals surface area contributed by atoms with Gasteiger partial charge in [0.1, 0.15) is 11.4 Å². The number of benzene rings is 1. The van der Waals surface area contributed by atoms with Crippen molar-refractivity contribution in [3.63, 3.8) is 0 Å². The van der Waals surface area contributed by atoms with E-state index < -0.39 is 11.7 Å². The van der Waals surface area contributed by atoms with Crippen LogP contribution in [0.15, 0.2) is 18.2 Å². The Kier molecular flexibility index (Phi) is 4.73. The maximum Gasteiger partial charge on any atom is 0.412 e. The van der Waals surface area contributed by atoms with E-state index in [1.165, 1.54) is 0 Å². The van der Waals surface area contributed by atoms with Crippen LogP contribution in [0, 0.1) is 5.92 Å². The maximum atomic E-state index is 12.0. The summed E-state index contributed by atoms with van der Waals surface area (Å²) < 4.78 is 10.5. The van der Waals surface area contributed by atoms with Crippen LogP contribution >= 0.6 is 0 Å². The highest BCUT2D eigenvalue weighted by Gasteiger charge is 2.21. The van der Waals surface area contributed by atoms with Crippen molar-refractivity contribution in [1.82, 2.24) is 5.32 Å². The molecule has 1 saturated heterocycles. The smallest absolute Gasteiger partial charge is 0.412 e. The topological polar surface area (TPSA) is 59.6 Å². The number of carbonyl (C=O) groups excluding carboxylic acids is 1. The largest absolute Gasteiger partial charge is 0.497 e. The van der Waals surface area contributed by atoms with Gasteiger partial charge in [-0.1, -0.05) is 6.07 Å². The third kappa shape index (κ3) is 4.63.